The second-order valence-corrected chi connectivity index (χ2v) is 4.74. The molecule has 2 heterocycles. The van der Waals surface area contributed by atoms with Crippen LogP contribution < -0.4 is 0 Å². The van der Waals surface area contributed by atoms with Gasteiger partial charge >= 0.3 is 0 Å². The average Bonchev–Trinajstić information content (AvgIpc) is 2.88. The van der Waals surface area contributed by atoms with Crippen molar-refractivity contribution in [2.24, 2.45) is 0 Å². The van der Waals surface area contributed by atoms with Crippen molar-refractivity contribution in [3.05, 3.63) is 41.7 Å². The van der Waals surface area contributed by atoms with E-state index in [1.807, 2.05) is 30.2 Å². The Bertz CT molecular complexity index is 439. The third-order valence-corrected chi connectivity index (χ3v) is 3.43. The van der Waals surface area contributed by atoms with E-state index in [1.165, 1.54) is 0 Å². The maximum absolute atomic E-state index is 12.4. The summed E-state index contributed by atoms with van der Waals surface area (Å²) >= 11 is 0. The lowest BCUT2D eigenvalue weighted by Gasteiger charge is -2.25. The number of allylic oxidation sites excluding steroid dienone is 1. The van der Waals surface area contributed by atoms with Gasteiger partial charge in [-0.3, -0.25) is 9.78 Å². The van der Waals surface area contributed by atoms with Crippen molar-refractivity contribution >= 4 is 5.91 Å². The predicted molar refractivity (Wildman–Crippen MR) is 72.0 cm³/mol. The smallest absolute Gasteiger partial charge is 0.249 e. The largest absolute Gasteiger partial charge is 0.332 e. The normalized spacial score (nSPS) is 20.2. The fourth-order valence-electron chi connectivity index (χ4n) is 2.55. The molecule has 3 heteroatoms. The Morgan fingerprint density at radius 1 is 1.61 bits per heavy atom. The van der Waals surface area contributed by atoms with Gasteiger partial charge in [-0.05, 0) is 37.8 Å². The highest BCUT2D eigenvalue weighted by atomic mass is 16.2. The van der Waals surface area contributed by atoms with E-state index < -0.39 is 0 Å². The number of carbonyl (C=O) groups is 1. The number of hydrogen-bond donors (Lipinski definition) is 0. The van der Waals surface area contributed by atoms with Gasteiger partial charge in [0.05, 0.1) is 6.04 Å². The summed E-state index contributed by atoms with van der Waals surface area (Å²) in [6.07, 6.45) is 8.66. The Kier molecular flexibility index (Phi) is 4.13. The fraction of sp³-hybridized carbons (Fsp3) is 0.467. The van der Waals surface area contributed by atoms with Crippen LogP contribution in [0.5, 0.6) is 0 Å². The Hall–Kier alpha value is -1.64. The van der Waals surface area contributed by atoms with E-state index in [0.29, 0.717) is 0 Å². The number of carbonyl (C=O) groups excluding carboxylic acids is 1. The molecule has 0 aromatic carbocycles. The maximum Gasteiger partial charge on any atom is 0.249 e. The fourth-order valence-corrected chi connectivity index (χ4v) is 2.55. The van der Waals surface area contributed by atoms with Gasteiger partial charge in [0.1, 0.15) is 0 Å². The summed E-state index contributed by atoms with van der Waals surface area (Å²) in [5.41, 5.74) is 2.00. The number of nitrogens with zero attached hydrogens (tertiary/aromatic N) is 2. The highest BCUT2D eigenvalue weighted by Gasteiger charge is 2.30. The second kappa shape index (κ2) is 5.80. The van der Waals surface area contributed by atoms with Crippen LogP contribution in [-0.2, 0) is 4.79 Å². The maximum atomic E-state index is 12.4. The molecule has 0 saturated carbocycles. The van der Waals surface area contributed by atoms with Crippen LogP contribution in [0.2, 0.25) is 0 Å². The number of rotatable bonds is 3. The molecule has 1 aliphatic heterocycles. The van der Waals surface area contributed by atoms with E-state index in [-0.39, 0.29) is 11.9 Å². The molecule has 96 valence electrons. The first-order chi connectivity index (χ1) is 8.74. The number of likely N-dealkylation sites (tertiary alicyclic amines) is 1. The molecule has 0 spiro atoms. The van der Waals surface area contributed by atoms with Crippen molar-refractivity contribution in [2.75, 3.05) is 6.54 Å². The van der Waals surface area contributed by atoms with E-state index in [2.05, 4.69) is 18.0 Å². The van der Waals surface area contributed by atoms with Crippen molar-refractivity contribution in [3.63, 3.8) is 0 Å². The first-order valence-corrected chi connectivity index (χ1v) is 6.61. The quantitative estimate of drug-likeness (QED) is 0.765. The lowest BCUT2D eigenvalue weighted by Crippen LogP contribution is -2.31. The van der Waals surface area contributed by atoms with Crippen molar-refractivity contribution in [2.45, 2.75) is 39.2 Å². The van der Waals surface area contributed by atoms with E-state index in [9.17, 15) is 4.79 Å². The van der Waals surface area contributed by atoms with E-state index in [4.69, 9.17) is 0 Å². The molecule has 1 amide bonds. The lowest BCUT2D eigenvalue weighted by atomic mass is 10.1. The van der Waals surface area contributed by atoms with Gasteiger partial charge in [-0.25, -0.2) is 0 Å². The summed E-state index contributed by atoms with van der Waals surface area (Å²) in [7, 11) is 0. The zero-order valence-electron chi connectivity index (χ0n) is 11.1. The molecule has 1 saturated heterocycles. The van der Waals surface area contributed by atoms with Crippen molar-refractivity contribution in [1.29, 1.82) is 0 Å². The molecule has 1 aromatic heterocycles. The zero-order valence-corrected chi connectivity index (χ0v) is 11.1. The van der Waals surface area contributed by atoms with Gasteiger partial charge in [0, 0.05) is 24.5 Å². The van der Waals surface area contributed by atoms with Gasteiger partial charge in [0.15, 0.2) is 0 Å². The first kappa shape index (κ1) is 12.8. The van der Waals surface area contributed by atoms with Crippen LogP contribution in [0, 0.1) is 0 Å². The van der Waals surface area contributed by atoms with Crippen LogP contribution in [0.3, 0.4) is 0 Å². The number of hydrogen-bond acceptors (Lipinski definition) is 2. The molecule has 1 aromatic rings. The van der Waals surface area contributed by atoms with Gasteiger partial charge < -0.3 is 4.90 Å². The third kappa shape index (κ3) is 2.61. The number of pyridine rings is 1. The summed E-state index contributed by atoms with van der Waals surface area (Å²) in [6, 6.07) is 4.19. The molecular weight excluding hydrogens is 224 g/mol. The molecule has 1 unspecified atom stereocenters. The van der Waals surface area contributed by atoms with E-state index in [0.717, 1.165) is 36.9 Å². The van der Waals surface area contributed by atoms with Gasteiger partial charge in [-0.1, -0.05) is 19.1 Å². The van der Waals surface area contributed by atoms with Gasteiger partial charge in [-0.15, -0.1) is 0 Å². The van der Waals surface area contributed by atoms with Gasteiger partial charge in [-0.2, -0.15) is 0 Å². The van der Waals surface area contributed by atoms with Crippen LogP contribution in [-0.4, -0.2) is 22.3 Å². The van der Waals surface area contributed by atoms with Crippen LogP contribution in [0.25, 0.3) is 0 Å². The van der Waals surface area contributed by atoms with Crippen molar-refractivity contribution in [1.82, 2.24) is 9.88 Å². The molecule has 2 rings (SSSR count). The molecular formula is C15H20N2O. The Morgan fingerprint density at radius 3 is 3.11 bits per heavy atom. The minimum Gasteiger partial charge on any atom is -0.332 e. The first-order valence-electron chi connectivity index (χ1n) is 6.61. The molecule has 1 aliphatic rings. The molecule has 18 heavy (non-hydrogen) atoms. The zero-order chi connectivity index (χ0) is 13.0. The molecule has 1 fully saturated rings. The SMILES string of the molecule is CCC=C(C)C(=O)N1CCCC1c1cccnc1. The van der Waals surface area contributed by atoms with Gasteiger partial charge in [0.25, 0.3) is 0 Å². The van der Waals surface area contributed by atoms with Crippen molar-refractivity contribution < 1.29 is 4.79 Å². The summed E-state index contributed by atoms with van der Waals surface area (Å²) in [4.78, 5) is 18.5. The summed E-state index contributed by atoms with van der Waals surface area (Å²) in [5, 5.41) is 0. The topological polar surface area (TPSA) is 33.2 Å². The molecule has 0 radical (unpaired) electrons. The highest BCUT2D eigenvalue weighted by Crippen LogP contribution is 2.32. The standard InChI is InChI=1S/C15H20N2O/c1-3-6-12(2)15(18)17-10-5-8-14(17)13-7-4-9-16-11-13/h4,6-7,9,11,14H,3,5,8,10H2,1-2H3. The van der Waals surface area contributed by atoms with Crippen LogP contribution in [0.15, 0.2) is 36.2 Å². The minimum atomic E-state index is 0.170. The van der Waals surface area contributed by atoms with Gasteiger partial charge in [0.2, 0.25) is 5.91 Å². The molecule has 0 N–H and O–H groups in total. The predicted octanol–water partition coefficient (Wildman–Crippen LogP) is 3.10. The second-order valence-electron chi connectivity index (χ2n) is 4.74. The van der Waals surface area contributed by atoms with E-state index >= 15 is 0 Å². The van der Waals surface area contributed by atoms with E-state index in [1.54, 1.807) is 6.20 Å². The summed E-state index contributed by atoms with van der Waals surface area (Å²) < 4.78 is 0. The molecule has 3 nitrogen and oxygen atoms in total. The summed E-state index contributed by atoms with van der Waals surface area (Å²) in [5.74, 6) is 0.170. The van der Waals surface area contributed by atoms with Crippen LogP contribution >= 0.6 is 0 Å². The summed E-state index contributed by atoms with van der Waals surface area (Å²) in [6.45, 7) is 4.82. The molecule has 0 aliphatic carbocycles. The van der Waals surface area contributed by atoms with Crippen LogP contribution in [0.1, 0.15) is 44.7 Å². The number of amides is 1. The molecule has 0 bridgehead atoms. The Labute approximate surface area is 109 Å². The minimum absolute atomic E-state index is 0.170. The van der Waals surface area contributed by atoms with Crippen molar-refractivity contribution in [3.8, 4) is 0 Å². The number of aromatic nitrogens is 1. The monoisotopic (exact) mass is 244 g/mol. The van der Waals surface area contributed by atoms with Crippen LogP contribution in [0.4, 0.5) is 0 Å². The Balaban J connectivity index is 2.18. The average molecular weight is 244 g/mol. The third-order valence-electron chi connectivity index (χ3n) is 3.43. The molecule has 1 atom stereocenters. The Morgan fingerprint density at radius 2 is 2.44 bits per heavy atom. The lowest BCUT2D eigenvalue weighted by molar-refractivity contribution is -0.128. The highest BCUT2D eigenvalue weighted by molar-refractivity contribution is 5.93.